The number of amides is 1. The van der Waals surface area contributed by atoms with Crippen LogP contribution in [-0.4, -0.2) is 20.4 Å². The van der Waals surface area contributed by atoms with Crippen molar-refractivity contribution in [3.05, 3.63) is 84.3 Å². The third-order valence-electron chi connectivity index (χ3n) is 4.19. The van der Waals surface area contributed by atoms with E-state index in [1.807, 2.05) is 6.07 Å². The van der Waals surface area contributed by atoms with E-state index < -0.39 is 17.6 Å². The van der Waals surface area contributed by atoms with Crippen LogP contribution in [0.3, 0.4) is 0 Å². The Morgan fingerprint density at radius 1 is 0.929 bits per heavy atom. The van der Waals surface area contributed by atoms with E-state index in [1.54, 1.807) is 35.3 Å². The van der Waals surface area contributed by atoms with Gasteiger partial charge in [0.05, 0.1) is 11.3 Å². The predicted octanol–water partition coefficient (Wildman–Crippen LogP) is 4.69. The fourth-order valence-corrected chi connectivity index (χ4v) is 2.85. The van der Waals surface area contributed by atoms with Crippen molar-refractivity contribution in [1.29, 1.82) is 0 Å². The molecule has 0 aliphatic heterocycles. The maximum Gasteiger partial charge on any atom is 0.418 e. The fraction of sp³-hybridized carbons (Fsp3) is 0.0500. The molecule has 8 heteroatoms. The van der Waals surface area contributed by atoms with E-state index in [0.717, 1.165) is 17.3 Å². The van der Waals surface area contributed by atoms with Gasteiger partial charge in [0.2, 0.25) is 0 Å². The summed E-state index contributed by atoms with van der Waals surface area (Å²) in [7, 11) is 0. The largest absolute Gasteiger partial charge is 0.418 e. The number of fused-ring (bicyclic) bond motifs is 1. The van der Waals surface area contributed by atoms with Gasteiger partial charge in [0.25, 0.3) is 5.91 Å². The van der Waals surface area contributed by atoms with Gasteiger partial charge in [-0.3, -0.25) is 9.36 Å². The summed E-state index contributed by atoms with van der Waals surface area (Å²) in [6.45, 7) is 0. The minimum Gasteiger partial charge on any atom is -0.321 e. The first kappa shape index (κ1) is 17.7. The van der Waals surface area contributed by atoms with Gasteiger partial charge in [0.15, 0.2) is 5.65 Å². The van der Waals surface area contributed by atoms with Crippen molar-refractivity contribution in [3.63, 3.8) is 0 Å². The van der Waals surface area contributed by atoms with Crippen LogP contribution in [0.4, 0.5) is 18.9 Å². The Hall–Kier alpha value is -3.68. The molecule has 0 unspecified atom stereocenters. The number of anilines is 1. The monoisotopic (exact) mass is 382 g/mol. The molecule has 0 radical (unpaired) electrons. The molecule has 0 aliphatic rings. The number of para-hydroxylation sites is 1. The average Bonchev–Trinajstić information content (AvgIpc) is 3.12. The van der Waals surface area contributed by atoms with Gasteiger partial charge in [-0.1, -0.05) is 12.1 Å². The van der Waals surface area contributed by atoms with Crippen molar-refractivity contribution in [2.75, 3.05) is 5.32 Å². The molecule has 28 heavy (non-hydrogen) atoms. The van der Waals surface area contributed by atoms with E-state index in [2.05, 4.69) is 15.3 Å². The van der Waals surface area contributed by atoms with Crippen LogP contribution in [0, 0.1) is 0 Å². The summed E-state index contributed by atoms with van der Waals surface area (Å²) in [5, 5.41) is 2.33. The zero-order chi connectivity index (χ0) is 19.7. The molecule has 140 valence electrons. The normalized spacial score (nSPS) is 11.5. The maximum atomic E-state index is 13.1. The standard InChI is InChI=1S/C20H13F3N4O/c21-20(22,23)15-4-1-2-5-16(15)26-19(28)13-7-9-14(10-8-13)27-12-25-17-6-3-11-24-18(17)27/h1-12H,(H,26,28). The fourth-order valence-electron chi connectivity index (χ4n) is 2.85. The van der Waals surface area contributed by atoms with Gasteiger partial charge in [-0.2, -0.15) is 13.2 Å². The van der Waals surface area contributed by atoms with E-state index >= 15 is 0 Å². The zero-order valence-corrected chi connectivity index (χ0v) is 14.3. The molecule has 4 aromatic rings. The van der Waals surface area contributed by atoms with Crippen LogP contribution >= 0.6 is 0 Å². The number of halogens is 3. The number of imidazole rings is 1. The number of alkyl halides is 3. The van der Waals surface area contributed by atoms with Crippen LogP contribution in [0.25, 0.3) is 16.9 Å². The molecule has 0 spiro atoms. The number of rotatable bonds is 3. The van der Waals surface area contributed by atoms with Crippen LogP contribution in [0.15, 0.2) is 73.2 Å². The van der Waals surface area contributed by atoms with Gasteiger partial charge in [-0.15, -0.1) is 0 Å². The minimum absolute atomic E-state index is 0.234. The number of aromatic nitrogens is 3. The second-order valence-corrected chi connectivity index (χ2v) is 6.01. The number of nitrogens with one attached hydrogen (secondary N) is 1. The lowest BCUT2D eigenvalue weighted by Gasteiger charge is -2.13. The molecule has 2 aromatic heterocycles. The average molecular weight is 382 g/mol. The number of nitrogens with zero attached hydrogens (tertiary/aromatic N) is 3. The highest BCUT2D eigenvalue weighted by Gasteiger charge is 2.33. The third-order valence-corrected chi connectivity index (χ3v) is 4.19. The molecule has 0 fully saturated rings. The number of hydrogen-bond donors (Lipinski definition) is 1. The molecule has 1 amide bonds. The lowest BCUT2D eigenvalue weighted by molar-refractivity contribution is -0.136. The Morgan fingerprint density at radius 2 is 1.68 bits per heavy atom. The summed E-state index contributed by atoms with van der Waals surface area (Å²) in [4.78, 5) is 20.9. The van der Waals surface area contributed by atoms with Crippen molar-refractivity contribution >= 4 is 22.8 Å². The minimum atomic E-state index is -4.55. The van der Waals surface area contributed by atoms with Gasteiger partial charge >= 0.3 is 6.18 Å². The summed E-state index contributed by atoms with van der Waals surface area (Å²) in [5.74, 6) is -0.628. The Bertz CT molecular complexity index is 1150. The summed E-state index contributed by atoms with van der Waals surface area (Å²) < 4.78 is 41.0. The molecule has 2 aromatic carbocycles. The molecule has 5 nitrogen and oxygen atoms in total. The summed E-state index contributed by atoms with van der Waals surface area (Å²) in [6, 6.07) is 14.9. The number of carbonyl (C=O) groups is 1. The molecule has 2 heterocycles. The molecular formula is C20H13F3N4O. The van der Waals surface area contributed by atoms with Crippen molar-refractivity contribution < 1.29 is 18.0 Å². The predicted molar refractivity (Wildman–Crippen MR) is 98.3 cm³/mol. The molecule has 1 N–H and O–H groups in total. The number of hydrogen-bond acceptors (Lipinski definition) is 3. The van der Waals surface area contributed by atoms with Crippen molar-refractivity contribution in [2.45, 2.75) is 6.18 Å². The first-order valence-corrected chi connectivity index (χ1v) is 8.29. The van der Waals surface area contributed by atoms with E-state index in [-0.39, 0.29) is 11.3 Å². The van der Waals surface area contributed by atoms with Crippen LogP contribution < -0.4 is 5.32 Å². The summed E-state index contributed by atoms with van der Waals surface area (Å²) in [6.07, 6.45) is -1.28. The smallest absolute Gasteiger partial charge is 0.321 e. The first-order valence-electron chi connectivity index (χ1n) is 8.29. The highest BCUT2D eigenvalue weighted by molar-refractivity contribution is 6.04. The van der Waals surface area contributed by atoms with Crippen molar-refractivity contribution in [3.8, 4) is 5.69 Å². The number of benzene rings is 2. The van der Waals surface area contributed by atoms with Crippen molar-refractivity contribution in [1.82, 2.24) is 14.5 Å². The van der Waals surface area contributed by atoms with E-state index in [1.165, 1.54) is 30.3 Å². The maximum absolute atomic E-state index is 13.1. The van der Waals surface area contributed by atoms with Gasteiger partial charge in [0, 0.05) is 17.4 Å². The topological polar surface area (TPSA) is 59.8 Å². The molecule has 0 atom stereocenters. The molecular weight excluding hydrogens is 369 g/mol. The third kappa shape index (κ3) is 3.32. The Kier molecular flexibility index (Phi) is 4.31. The van der Waals surface area contributed by atoms with Crippen LogP contribution in [0.1, 0.15) is 15.9 Å². The second-order valence-electron chi connectivity index (χ2n) is 6.01. The van der Waals surface area contributed by atoms with Gasteiger partial charge in [0.1, 0.15) is 11.8 Å². The van der Waals surface area contributed by atoms with Gasteiger partial charge < -0.3 is 5.32 Å². The molecule has 0 bridgehead atoms. The summed E-state index contributed by atoms with van der Waals surface area (Å²) >= 11 is 0. The molecule has 0 aliphatic carbocycles. The van der Waals surface area contributed by atoms with E-state index in [0.29, 0.717) is 5.65 Å². The van der Waals surface area contributed by atoms with Crippen LogP contribution in [0.5, 0.6) is 0 Å². The molecule has 0 saturated carbocycles. The van der Waals surface area contributed by atoms with Gasteiger partial charge in [-0.05, 0) is 48.5 Å². The zero-order valence-electron chi connectivity index (χ0n) is 14.3. The first-order chi connectivity index (χ1) is 13.4. The molecule has 4 rings (SSSR count). The number of carbonyl (C=O) groups excluding carboxylic acids is 1. The van der Waals surface area contributed by atoms with Crippen LogP contribution in [-0.2, 0) is 6.18 Å². The Balaban J connectivity index is 1.59. The summed E-state index contributed by atoms with van der Waals surface area (Å²) in [5.41, 5.74) is 1.18. The van der Waals surface area contributed by atoms with Gasteiger partial charge in [-0.25, -0.2) is 9.97 Å². The van der Waals surface area contributed by atoms with E-state index in [9.17, 15) is 18.0 Å². The second kappa shape index (κ2) is 6.80. The lowest BCUT2D eigenvalue weighted by atomic mass is 10.1. The highest BCUT2D eigenvalue weighted by atomic mass is 19.4. The Labute approximate surface area is 157 Å². The highest BCUT2D eigenvalue weighted by Crippen LogP contribution is 2.34. The SMILES string of the molecule is O=C(Nc1ccccc1C(F)(F)F)c1ccc(-n2cnc3cccnc32)cc1. The van der Waals surface area contributed by atoms with Crippen molar-refractivity contribution in [2.24, 2.45) is 0 Å². The quantitative estimate of drug-likeness (QED) is 0.559. The van der Waals surface area contributed by atoms with E-state index in [4.69, 9.17) is 0 Å². The Morgan fingerprint density at radius 3 is 2.43 bits per heavy atom. The van der Waals surface area contributed by atoms with Crippen LogP contribution in [0.2, 0.25) is 0 Å². The molecule has 0 saturated heterocycles. The number of pyridine rings is 1. The lowest BCUT2D eigenvalue weighted by Crippen LogP contribution is -2.16.